The van der Waals surface area contributed by atoms with Crippen LogP contribution in [0.4, 0.5) is 10.1 Å². The number of nitrogens with one attached hydrogen (secondary N) is 1. The molecule has 4 aromatic rings. The van der Waals surface area contributed by atoms with Crippen LogP contribution in [-0.4, -0.2) is 14.9 Å². The molecule has 28 heavy (non-hydrogen) atoms. The molecule has 0 aliphatic rings. The van der Waals surface area contributed by atoms with Gasteiger partial charge in [-0.2, -0.15) is 0 Å². The van der Waals surface area contributed by atoms with Crippen molar-refractivity contribution in [3.05, 3.63) is 82.0 Å². The summed E-state index contributed by atoms with van der Waals surface area (Å²) in [6, 6.07) is 14.9. The zero-order chi connectivity index (χ0) is 19.7. The van der Waals surface area contributed by atoms with Crippen molar-refractivity contribution in [1.29, 1.82) is 0 Å². The summed E-state index contributed by atoms with van der Waals surface area (Å²) in [5.41, 5.74) is 2.09. The molecular formula is C21H17ClFN3O2. The summed E-state index contributed by atoms with van der Waals surface area (Å²) in [6.07, 6.45) is 2.41. The standard InChI is InChI=1S/C21H17ClFN3O2/c22-15-5-1-2-6-16(15)24-20(27)8-4-12-26-19-13-14(23)9-10-17(19)25-11-3-7-18(25)21(26)28/h1-3,5-7,9-11,13H,4,8,12H2,(H,24,27). The van der Waals surface area contributed by atoms with Crippen molar-refractivity contribution in [2.75, 3.05) is 5.32 Å². The van der Waals surface area contributed by atoms with Crippen LogP contribution in [0.5, 0.6) is 0 Å². The lowest BCUT2D eigenvalue weighted by molar-refractivity contribution is -0.116. The molecule has 4 rings (SSSR count). The van der Waals surface area contributed by atoms with Crippen LogP contribution in [0, 0.1) is 5.82 Å². The molecule has 2 aromatic heterocycles. The van der Waals surface area contributed by atoms with Crippen molar-refractivity contribution in [2.24, 2.45) is 0 Å². The molecule has 0 aliphatic heterocycles. The summed E-state index contributed by atoms with van der Waals surface area (Å²) in [5.74, 6) is -0.607. The zero-order valence-corrected chi connectivity index (χ0v) is 15.6. The fourth-order valence-corrected chi connectivity index (χ4v) is 3.51. The highest BCUT2D eigenvalue weighted by molar-refractivity contribution is 6.33. The van der Waals surface area contributed by atoms with Crippen LogP contribution in [0.1, 0.15) is 12.8 Å². The number of amides is 1. The first-order valence-electron chi connectivity index (χ1n) is 8.88. The second-order valence-corrected chi connectivity index (χ2v) is 6.89. The third kappa shape index (κ3) is 3.39. The van der Waals surface area contributed by atoms with Gasteiger partial charge >= 0.3 is 0 Å². The summed E-state index contributed by atoms with van der Waals surface area (Å²) < 4.78 is 17.1. The lowest BCUT2D eigenvalue weighted by atomic mass is 10.2. The maximum atomic E-state index is 13.8. The van der Waals surface area contributed by atoms with Crippen LogP contribution in [-0.2, 0) is 11.3 Å². The molecule has 0 radical (unpaired) electrons. The molecule has 7 heteroatoms. The van der Waals surface area contributed by atoms with Gasteiger partial charge in [0.15, 0.2) is 0 Å². The van der Waals surface area contributed by atoms with Gasteiger partial charge in [-0.25, -0.2) is 4.39 Å². The molecule has 1 N–H and O–H groups in total. The summed E-state index contributed by atoms with van der Waals surface area (Å²) in [5, 5.41) is 3.23. The molecule has 0 atom stereocenters. The Hall–Kier alpha value is -3.12. The van der Waals surface area contributed by atoms with Gasteiger partial charge in [0.1, 0.15) is 11.3 Å². The Morgan fingerprint density at radius 3 is 2.68 bits per heavy atom. The first kappa shape index (κ1) is 18.3. The number of halogens is 2. The number of fused-ring (bicyclic) bond motifs is 3. The van der Waals surface area contributed by atoms with E-state index in [1.54, 1.807) is 53.1 Å². The Labute approximate surface area is 165 Å². The van der Waals surface area contributed by atoms with Crippen molar-refractivity contribution >= 4 is 39.7 Å². The number of aromatic nitrogens is 2. The minimum Gasteiger partial charge on any atom is -0.325 e. The summed E-state index contributed by atoms with van der Waals surface area (Å²) in [4.78, 5) is 25.0. The van der Waals surface area contributed by atoms with Crippen molar-refractivity contribution in [2.45, 2.75) is 19.4 Å². The molecule has 0 fully saturated rings. The van der Waals surface area contributed by atoms with E-state index in [4.69, 9.17) is 11.6 Å². The number of carbonyl (C=O) groups is 1. The van der Waals surface area contributed by atoms with Gasteiger partial charge in [-0.15, -0.1) is 0 Å². The third-order valence-corrected chi connectivity index (χ3v) is 4.96. The molecule has 2 aromatic carbocycles. The number of benzene rings is 2. The van der Waals surface area contributed by atoms with Gasteiger partial charge in [0.05, 0.1) is 21.7 Å². The van der Waals surface area contributed by atoms with Crippen LogP contribution in [0.3, 0.4) is 0 Å². The molecule has 142 valence electrons. The van der Waals surface area contributed by atoms with Crippen LogP contribution in [0.2, 0.25) is 5.02 Å². The van der Waals surface area contributed by atoms with Crippen LogP contribution >= 0.6 is 11.6 Å². The Morgan fingerprint density at radius 1 is 1.04 bits per heavy atom. The average Bonchev–Trinajstić information content (AvgIpc) is 3.16. The Morgan fingerprint density at radius 2 is 1.86 bits per heavy atom. The van der Waals surface area contributed by atoms with Gasteiger partial charge in [0.2, 0.25) is 5.91 Å². The van der Waals surface area contributed by atoms with Gasteiger partial charge in [-0.1, -0.05) is 23.7 Å². The largest absolute Gasteiger partial charge is 0.325 e. The molecule has 0 saturated carbocycles. The maximum Gasteiger partial charge on any atom is 0.275 e. The fraction of sp³-hybridized carbons (Fsp3) is 0.143. The van der Waals surface area contributed by atoms with Crippen molar-refractivity contribution in [3.63, 3.8) is 0 Å². The van der Waals surface area contributed by atoms with Crippen LogP contribution in [0.15, 0.2) is 65.6 Å². The normalized spacial score (nSPS) is 11.2. The minimum atomic E-state index is -0.413. The van der Waals surface area contributed by atoms with Crippen molar-refractivity contribution in [1.82, 2.24) is 8.97 Å². The van der Waals surface area contributed by atoms with E-state index in [-0.39, 0.29) is 17.9 Å². The summed E-state index contributed by atoms with van der Waals surface area (Å²) in [6.45, 7) is 0.302. The lowest BCUT2D eigenvalue weighted by Gasteiger charge is -2.13. The zero-order valence-electron chi connectivity index (χ0n) is 14.9. The fourth-order valence-electron chi connectivity index (χ4n) is 3.32. The first-order chi connectivity index (χ1) is 13.5. The minimum absolute atomic E-state index is 0.194. The number of carbonyl (C=O) groups excluding carboxylic acids is 1. The monoisotopic (exact) mass is 397 g/mol. The molecule has 2 heterocycles. The number of anilines is 1. The molecule has 1 amide bonds. The van der Waals surface area contributed by atoms with E-state index < -0.39 is 5.82 Å². The average molecular weight is 398 g/mol. The van der Waals surface area contributed by atoms with Gasteiger partial charge in [0.25, 0.3) is 5.56 Å². The lowest BCUT2D eigenvalue weighted by Crippen LogP contribution is -2.23. The SMILES string of the molecule is O=C(CCCn1c(=O)c2cccn2c2ccc(F)cc21)Nc1ccccc1Cl. The van der Waals surface area contributed by atoms with E-state index in [0.29, 0.717) is 34.7 Å². The quantitative estimate of drug-likeness (QED) is 0.540. The second kappa shape index (κ2) is 7.48. The number of nitrogens with zero attached hydrogens (tertiary/aromatic N) is 2. The van der Waals surface area contributed by atoms with Gasteiger partial charge in [-0.3, -0.25) is 9.59 Å². The Bertz CT molecular complexity index is 1250. The van der Waals surface area contributed by atoms with E-state index in [1.807, 2.05) is 0 Å². The highest BCUT2D eigenvalue weighted by Gasteiger charge is 2.12. The van der Waals surface area contributed by atoms with E-state index >= 15 is 0 Å². The number of hydrogen-bond donors (Lipinski definition) is 1. The van der Waals surface area contributed by atoms with Gasteiger partial charge in [0, 0.05) is 19.2 Å². The van der Waals surface area contributed by atoms with Crippen LogP contribution in [0.25, 0.3) is 16.6 Å². The van der Waals surface area contributed by atoms with Crippen LogP contribution < -0.4 is 10.9 Å². The third-order valence-electron chi connectivity index (χ3n) is 4.63. The topological polar surface area (TPSA) is 55.5 Å². The molecule has 0 bridgehead atoms. The Balaban J connectivity index is 1.57. The van der Waals surface area contributed by atoms with Crippen molar-refractivity contribution in [3.8, 4) is 0 Å². The number of hydrogen-bond acceptors (Lipinski definition) is 2. The van der Waals surface area contributed by atoms with E-state index in [0.717, 1.165) is 5.52 Å². The maximum absolute atomic E-state index is 13.8. The second-order valence-electron chi connectivity index (χ2n) is 6.48. The van der Waals surface area contributed by atoms with E-state index in [2.05, 4.69) is 5.32 Å². The number of para-hydroxylation sites is 1. The smallest absolute Gasteiger partial charge is 0.275 e. The highest BCUT2D eigenvalue weighted by Crippen LogP contribution is 2.21. The molecule has 5 nitrogen and oxygen atoms in total. The van der Waals surface area contributed by atoms with Crippen molar-refractivity contribution < 1.29 is 9.18 Å². The number of aryl methyl sites for hydroxylation is 1. The summed E-state index contributed by atoms with van der Waals surface area (Å²) >= 11 is 6.05. The van der Waals surface area contributed by atoms with Gasteiger partial charge < -0.3 is 14.3 Å². The van der Waals surface area contributed by atoms with Gasteiger partial charge in [-0.05, 0) is 48.9 Å². The predicted molar refractivity (Wildman–Crippen MR) is 108 cm³/mol. The number of rotatable bonds is 5. The van der Waals surface area contributed by atoms with E-state index in [1.165, 1.54) is 16.7 Å². The molecular weight excluding hydrogens is 381 g/mol. The molecule has 0 saturated heterocycles. The predicted octanol–water partition coefficient (Wildman–Crippen LogP) is 4.47. The molecule has 0 spiro atoms. The molecule has 0 unspecified atom stereocenters. The summed E-state index contributed by atoms with van der Waals surface area (Å²) in [7, 11) is 0. The Kier molecular flexibility index (Phi) is 4.88. The highest BCUT2D eigenvalue weighted by atomic mass is 35.5. The van der Waals surface area contributed by atoms with E-state index in [9.17, 15) is 14.0 Å². The first-order valence-corrected chi connectivity index (χ1v) is 9.26. The molecule has 0 aliphatic carbocycles.